The minimum atomic E-state index is -0.768. The Kier molecular flexibility index (Phi) is 6.71. The standard InChI is InChI=1S/C8H10NO5.Y/c1-13-5-4-8(12)14-9-6(10)2-3-7(9)11;/h4H,2-3,5H2,1H3;/q-1;. The van der Waals surface area contributed by atoms with E-state index in [-0.39, 0.29) is 52.2 Å². The predicted molar refractivity (Wildman–Crippen MR) is 43.4 cm³/mol. The van der Waals surface area contributed by atoms with Gasteiger partial charge in [-0.1, -0.05) is 6.61 Å². The van der Waals surface area contributed by atoms with Gasteiger partial charge in [0.25, 0.3) is 11.8 Å². The Bertz CT molecular complexity index is 252. The van der Waals surface area contributed by atoms with Gasteiger partial charge in [-0.25, -0.2) is 0 Å². The molecule has 1 aliphatic rings. The number of carbonyl (C=O) groups excluding carboxylic acids is 3. The van der Waals surface area contributed by atoms with E-state index in [0.717, 1.165) is 6.42 Å². The van der Waals surface area contributed by atoms with Crippen molar-refractivity contribution >= 4 is 17.8 Å². The van der Waals surface area contributed by atoms with Crippen molar-refractivity contribution < 1.29 is 56.7 Å². The molecule has 0 saturated carbocycles. The molecule has 1 fully saturated rings. The summed E-state index contributed by atoms with van der Waals surface area (Å²) in [7, 11) is 1.41. The molecule has 1 saturated heterocycles. The van der Waals surface area contributed by atoms with Crippen molar-refractivity contribution in [1.29, 1.82) is 0 Å². The summed E-state index contributed by atoms with van der Waals surface area (Å²) in [5, 5.41) is 0.495. The van der Waals surface area contributed by atoms with Crippen molar-refractivity contribution in [1.82, 2.24) is 5.06 Å². The van der Waals surface area contributed by atoms with E-state index in [1.165, 1.54) is 7.11 Å². The molecule has 0 aromatic carbocycles. The van der Waals surface area contributed by atoms with Crippen LogP contribution in [-0.4, -0.2) is 36.6 Å². The van der Waals surface area contributed by atoms with Gasteiger partial charge in [0.05, 0.1) is 0 Å². The number of methoxy groups -OCH3 is 1. The van der Waals surface area contributed by atoms with Crippen LogP contribution in [0.2, 0.25) is 0 Å². The molecule has 0 unspecified atom stereocenters. The number of hydrogen-bond acceptors (Lipinski definition) is 5. The molecule has 1 rings (SSSR count). The predicted octanol–water partition coefficient (Wildman–Crippen LogP) is -0.558. The van der Waals surface area contributed by atoms with Crippen molar-refractivity contribution in [2.24, 2.45) is 0 Å². The molecule has 81 valence electrons. The molecule has 1 aliphatic heterocycles. The molecule has 1 radical (unpaired) electrons. The molecule has 6 nitrogen and oxygen atoms in total. The SMILES string of the molecule is COC[CH-]C(=O)ON1C(=O)CCC1=O.[Y]. The summed E-state index contributed by atoms with van der Waals surface area (Å²) < 4.78 is 4.59. The monoisotopic (exact) mass is 289 g/mol. The summed E-state index contributed by atoms with van der Waals surface area (Å²) >= 11 is 0. The first-order valence-corrected chi connectivity index (χ1v) is 4.05. The van der Waals surface area contributed by atoms with E-state index < -0.39 is 17.8 Å². The van der Waals surface area contributed by atoms with Crippen molar-refractivity contribution in [2.75, 3.05) is 13.7 Å². The first-order chi connectivity index (χ1) is 6.65. The summed E-state index contributed by atoms with van der Waals surface area (Å²) in [5.74, 6) is -1.75. The summed E-state index contributed by atoms with van der Waals surface area (Å²) in [6.07, 6.45) is 1.28. The smallest absolute Gasteiger partial charge is 0.263 e. The zero-order chi connectivity index (χ0) is 10.6. The molecule has 15 heavy (non-hydrogen) atoms. The number of amides is 2. The van der Waals surface area contributed by atoms with Gasteiger partial charge in [-0.3, -0.25) is 20.8 Å². The van der Waals surface area contributed by atoms with Crippen LogP contribution >= 0.6 is 0 Å². The quantitative estimate of drug-likeness (QED) is 0.512. The molecule has 0 aromatic heterocycles. The number of imide groups is 1. The molecule has 1 heterocycles. The average molecular weight is 289 g/mol. The number of ether oxygens (including phenoxy) is 1. The third-order valence-corrected chi connectivity index (χ3v) is 1.60. The van der Waals surface area contributed by atoms with E-state index in [4.69, 9.17) is 0 Å². The Hall–Kier alpha value is -0.456. The fourth-order valence-corrected chi connectivity index (χ4v) is 0.936. The fraction of sp³-hybridized carbons (Fsp3) is 0.500. The molecule has 0 spiro atoms. The van der Waals surface area contributed by atoms with Gasteiger partial charge in [-0.05, 0) is 0 Å². The molecule has 0 atom stereocenters. The molecule has 7 heteroatoms. The first-order valence-electron chi connectivity index (χ1n) is 4.05. The van der Waals surface area contributed by atoms with E-state index in [1.807, 2.05) is 0 Å². The maximum Gasteiger partial charge on any atom is 0.263 e. The molecule has 0 N–H and O–H groups in total. The minimum Gasteiger partial charge on any atom is -0.413 e. The van der Waals surface area contributed by atoms with Crippen LogP contribution in [0.15, 0.2) is 0 Å². The summed E-state index contributed by atoms with van der Waals surface area (Å²) in [6, 6.07) is 0. The molecular formula is C8H10NO5Y-. The van der Waals surface area contributed by atoms with Crippen LogP contribution in [0.3, 0.4) is 0 Å². The van der Waals surface area contributed by atoms with Crippen LogP contribution in [0.25, 0.3) is 0 Å². The van der Waals surface area contributed by atoms with Gasteiger partial charge in [-0.2, -0.15) is 0 Å². The molecule has 0 bridgehead atoms. The van der Waals surface area contributed by atoms with E-state index in [2.05, 4.69) is 9.57 Å². The Balaban J connectivity index is 0.00000196. The first kappa shape index (κ1) is 14.5. The van der Waals surface area contributed by atoms with Crippen molar-refractivity contribution in [3.8, 4) is 0 Å². The van der Waals surface area contributed by atoms with Crippen LogP contribution in [0.4, 0.5) is 0 Å². The van der Waals surface area contributed by atoms with Gasteiger partial charge in [0.15, 0.2) is 0 Å². The summed E-state index contributed by atoms with van der Waals surface area (Å²) in [4.78, 5) is 37.4. The zero-order valence-corrected chi connectivity index (χ0v) is 11.1. The van der Waals surface area contributed by atoms with Gasteiger partial charge in [0.1, 0.15) is 0 Å². The van der Waals surface area contributed by atoms with E-state index in [9.17, 15) is 14.4 Å². The van der Waals surface area contributed by atoms with Crippen molar-refractivity contribution in [3.63, 3.8) is 0 Å². The third kappa shape index (κ3) is 4.28. The minimum absolute atomic E-state index is 0. The maximum absolute atomic E-state index is 11.0. The number of carbonyl (C=O) groups is 3. The van der Waals surface area contributed by atoms with Gasteiger partial charge < -0.3 is 9.57 Å². The fourth-order valence-electron chi connectivity index (χ4n) is 0.936. The van der Waals surface area contributed by atoms with Gasteiger partial charge >= 0.3 is 0 Å². The molecule has 0 aromatic rings. The molecular weight excluding hydrogens is 279 g/mol. The van der Waals surface area contributed by atoms with Crippen LogP contribution in [0, 0.1) is 6.42 Å². The topological polar surface area (TPSA) is 72.9 Å². The van der Waals surface area contributed by atoms with Crippen LogP contribution in [0.1, 0.15) is 12.8 Å². The average Bonchev–Trinajstić information content (AvgIpc) is 2.46. The van der Waals surface area contributed by atoms with E-state index >= 15 is 0 Å². The van der Waals surface area contributed by atoms with Crippen molar-refractivity contribution in [2.45, 2.75) is 12.8 Å². The van der Waals surface area contributed by atoms with Crippen LogP contribution in [0.5, 0.6) is 0 Å². The number of hydrogen-bond donors (Lipinski definition) is 0. The Morgan fingerprint density at radius 2 is 1.93 bits per heavy atom. The Morgan fingerprint density at radius 1 is 1.40 bits per heavy atom. The van der Waals surface area contributed by atoms with E-state index in [1.54, 1.807) is 0 Å². The number of nitrogens with zero attached hydrogens (tertiary/aromatic N) is 1. The van der Waals surface area contributed by atoms with Gasteiger partial charge in [0, 0.05) is 52.7 Å². The summed E-state index contributed by atoms with van der Waals surface area (Å²) in [6.45, 7) is 0.0784. The zero-order valence-electron chi connectivity index (χ0n) is 8.26. The maximum atomic E-state index is 11.0. The normalized spacial score (nSPS) is 14.9. The van der Waals surface area contributed by atoms with Gasteiger partial charge in [-0.15, -0.1) is 5.06 Å². The molecule has 2 amide bonds. The van der Waals surface area contributed by atoms with Crippen LogP contribution < -0.4 is 0 Å². The summed E-state index contributed by atoms with van der Waals surface area (Å²) in [5.41, 5.74) is 0. The second-order valence-corrected chi connectivity index (χ2v) is 2.65. The number of hydroxylamine groups is 2. The Morgan fingerprint density at radius 3 is 2.40 bits per heavy atom. The van der Waals surface area contributed by atoms with Crippen LogP contribution in [-0.2, 0) is 56.7 Å². The third-order valence-electron chi connectivity index (χ3n) is 1.60. The van der Waals surface area contributed by atoms with Gasteiger partial charge in [0.2, 0.25) is 5.97 Å². The molecule has 0 aliphatic carbocycles. The second-order valence-electron chi connectivity index (χ2n) is 2.65. The second kappa shape index (κ2) is 6.92. The van der Waals surface area contributed by atoms with Crippen molar-refractivity contribution in [3.05, 3.63) is 6.42 Å². The largest absolute Gasteiger partial charge is 0.413 e. The van der Waals surface area contributed by atoms with E-state index in [0.29, 0.717) is 5.06 Å². The Labute approximate surface area is 112 Å². The number of rotatable bonds is 4.